The Kier molecular flexibility index (Phi) is 7.19. The molecule has 2 saturated carbocycles. The number of nitrogens with two attached hydrogens (primary N) is 1. The normalized spacial score (nSPS) is 30.3. The molecule has 2 amide bonds. The summed E-state index contributed by atoms with van der Waals surface area (Å²) in [4.78, 5) is 80.3. The van der Waals surface area contributed by atoms with Gasteiger partial charge in [0, 0.05) is 11.8 Å². The van der Waals surface area contributed by atoms with Crippen LogP contribution in [0.3, 0.4) is 0 Å². The number of fused-ring (bicyclic) bond motifs is 3. The number of ether oxygens (including phenoxy) is 1. The average molecular weight is 582 g/mol. The quantitative estimate of drug-likeness (QED) is 0.299. The Hall–Kier alpha value is -4.49. The number of nitrogens with zero attached hydrogens (tertiary/aromatic N) is 1. The number of halogens is 1. The molecular weight excluding hydrogens is 553 g/mol. The second kappa shape index (κ2) is 10.4. The van der Waals surface area contributed by atoms with Gasteiger partial charge in [0.05, 0.1) is 35.2 Å². The summed E-state index contributed by atoms with van der Waals surface area (Å²) in [6.45, 7) is 1.64. The molecule has 2 aromatic carbocycles. The predicted octanol–water partition coefficient (Wildman–Crippen LogP) is 1.03. The number of anilines is 1. The Bertz CT molecular complexity index is 1540. The van der Waals surface area contributed by atoms with Gasteiger partial charge in [0.25, 0.3) is 0 Å². The number of amides is 2. The zero-order chi connectivity index (χ0) is 30.8. The molecule has 8 atom stereocenters. The van der Waals surface area contributed by atoms with E-state index in [0.717, 1.165) is 12.1 Å². The first-order valence-corrected chi connectivity index (χ1v) is 13.2. The largest absolute Gasteiger partial charge is 0.505 e. The van der Waals surface area contributed by atoms with E-state index in [9.17, 15) is 43.4 Å². The molecule has 12 nitrogen and oxygen atoms in total. The minimum atomic E-state index is -1.91. The molecule has 0 heterocycles. The summed E-state index contributed by atoms with van der Waals surface area (Å²) < 4.78 is 18.2. The molecule has 220 valence electrons. The number of benzene rings is 2. The van der Waals surface area contributed by atoms with Crippen LogP contribution in [-0.4, -0.2) is 76.5 Å². The van der Waals surface area contributed by atoms with Crippen molar-refractivity contribution in [1.82, 2.24) is 4.90 Å². The zero-order valence-corrected chi connectivity index (χ0v) is 22.7. The van der Waals surface area contributed by atoms with Gasteiger partial charge >= 0.3 is 6.09 Å². The fourth-order valence-corrected chi connectivity index (χ4v) is 6.82. The molecule has 0 aromatic heterocycles. The Morgan fingerprint density at radius 1 is 0.952 bits per heavy atom. The SMILES string of the molecule is CC1c2ccc(NC(=O)Oc3ccc(F)cc3)c(O)c2C(=O)C2C(=O)C3C(=O)C(C(N)=O)C(=O)[C@@H](N(C)C)C3[C@@H](O)C21. The standard InChI is InChI=1S/C29H28FN3O9/c1-10-13-8-9-14(32-29(41)42-12-6-4-11(30)5-7-12)22(34)16(13)24(36)18-15(10)23(35)17-19(25(18)37)26(38)20(28(31)40)27(39)21(17)33(2)3/h4-10,15,17-21,23,34-35H,1-3H3,(H2,31,40)(H,32,41)/t10?,15?,17?,18?,19?,20?,21-,23-/m0/s1. The van der Waals surface area contributed by atoms with Crippen molar-refractivity contribution < 1.29 is 48.1 Å². The molecule has 0 saturated heterocycles. The maximum atomic E-state index is 13.9. The lowest BCUT2D eigenvalue weighted by molar-refractivity contribution is -0.167. The van der Waals surface area contributed by atoms with E-state index < -0.39 is 94.4 Å². The number of aliphatic hydroxyl groups excluding tert-OH is 1. The number of primary amides is 1. The van der Waals surface area contributed by atoms with Gasteiger partial charge in [-0.05, 0) is 55.9 Å². The lowest BCUT2D eigenvalue weighted by atomic mass is 9.51. The molecule has 2 aromatic rings. The van der Waals surface area contributed by atoms with Crippen LogP contribution in [0.1, 0.15) is 28.8 Å². The van der Waals surface area contributed by atoms with E-state index in [4.69, 9.17) is 10.5 Å². The first-order valence-electron chi connectivity index (χ1n) is 13.2. The number of aromatic hydroxyl groups is 1. The number of Topliss-reactive ketones (excluding diaryl/α,β-unsaturated/α-hetero) is 4. The summed E-state index contributed by atoms with van der Waals surface area (Å²) in [5.41, 5.74) is 5.14. The maximum Gasteiger partial charge on any atom is 0.417 e. The number of phenolic OH excluding ortho intramolecular Hbond substituents is 1. The van der Waals surface area contributed by atoms with E-state index in [0.29, 0.717) is 0 Å². The minimum Gasteiger partial charge on any atom is -0.505 e. The van der Waals surface area contributed by atoms with Crippen LogP contribution >= 0.6 is 0 Å². The smallest absolute Gasteiger partial charge is 0.417 e. The van der Waals surface area contributed by atoms with Gasteiger partial charge in [-0.2, -0.15) is 0 Å². The van der Waals surface area contributed by atoms with Crippen molar-refractivity contribution in [3.8, 4) is 11.5 Å². The highest BCUT2D eigenvalue weighted by molar-refractivity contribution is 6.29. The number of nitrogens with one attached hydrogen (secondary N) is 1. The average Bonchev–Trinajstić information content (AvgIpc) is 2.91. The third kappa shape index (κ3) is 4.36. The molecule has 5 N–H and O–H groups in total. The summed E-state index contributed by atoms with van der Waals surface area (Å²) in [5.74, 6) is -14.2. The number of hydrogen-bond acceptors (Lipinski definition) is 10. The van der Waals surface area contributed by atoms with E-state index in [1.54, 1.807) is 6.92 Å². The van der Waals surface area contributed by atoms with Crippen LogP contribution in [0.4, 0.5) is 14.9 Å². The summed E-state index contributed by atoms with van der Waals surface area (Å²) in [7, 11) is 3.02. The predicted molar refractivity (Wildman–Crippen MR) is 142 cm³/mol. The van der Waals surface area contributed by atoms with Crippen LogP contribution in [-0.2, 0) is 19.2 Å². The summed E-state index contributed by atoms with van der Waals surface area (Å²) in [5, 5.41) is 25.0. The van der Waals surface area contributed by atoms with Crippen LogP contribution in [0.5, 0.6) is 11.5 Å². The molecule has 0 spiro atoms. The lowest BCUT2D eigenvalue weighted by Crippen LogP contribution is -2.69. The minimum absolute atomic E-state index is 0.0103. The number of rotatable bonds is 4. The maximum absolute atomic E-state index is 13.9. The highest BCUT2D eigenvalue weighted by atomic mass is 19.1. The number of aliphatic hydroxyl groups is 1. The summed E-state index contributed by atoms with van der Waals surface area (Å²) in [6.07, 6.45) is -2.53. The second-order valence-corrected chi connectivity index (χ2v) is 11.1. The first-order chi connectivity index (χ1) is 19.8. The zero-order valence-electron chi connectivity index (χ0n) is 22.7. The van der Waals surface area contributed by atoms with E-state index >= 15 is 0 Å². The van der Waals surface area contributed by atoms with Crippen molar-refractivity contribution in [3.63, 3.8) is 0 Å². The molecule has 0 aliphatic heterocycles. The van der Waals surface area contributed by atoms with Crippen molar-refractivity contribution in [3.05, 3.63) is 53.3 Å². The Balaban J connectivity index is 1.52. The molecule has 5 rings (SSSR count). The molecular formula is C29H28FN3O9. The number of carbonyl (C=O) groups is 6. The van der Waals surface area contributed by atoms with Gasteiger partial charge in [-0.25, -0.2) is 9.18 Å². The number of phenols is 1. The molecule has 2 fully saturated rings. The van der Waals surface area contributed by atoms with Crippen LogP contribution in [0.2, 0.25) is 0 Å². The number of carbonyl (C=O) groups excluding carboxylic acids is 6. The van der Waals surface area contributed by atoms with Gasteiger partial charge in [-0.1, -0.05) is 13.0 Å². The van der Waals surface area contributed by atoms with Gasteiger partial charge in [-0.3, -0.25) is 34.2 Å². The summed E-state index contributed by atoms with van der Waals surface area (Å²) >= 11 is 0. The number of ketones is 4. The molecule has 0 radical (unpaired) electrons. The number of likely N-dealkylation sites (N-methyl/N-ethyl adjacent to an activating group) is 1. The highest BCUT2D eigenvalue weighted by Gasteiger charge is 2.65. The van der Waals surface area contributed by atoms with Crippen LogP contribution < -0.4 is 15.8 Å². The molecule has 3 aliphatic carbocycles. The fourth-order valence-electron chi connectivity index (χ4n) is 6.82. The van der Waals surface area contributed by atoms with Gasteiger partial charge in [0.2, 0.25) is 5.91 Å². The van der Waals surface area contributed by atoms with Gasteiger partial charge in [0.1, 0.15) is 17.3 Å². The van der Waals surface area contributed by atoms with Crippen LogP contribution in [0.25, 0.3) is 0 Å². The van der Waals surface area contributed by atoms with Crippen molar-refractivity contribution in [2.75, 3.05) is 19.4 Å². The van der Waals surface area contributed by atoms with E-state index in [-0.39, 0.29) is 22.6 Å². The number of hydrogen-bond donors (Lipinski definition) is 4. The molecule has 3 aliphatic rings. The molecule has 0 bridgehead atoms. The van der Waals surface area contributed by atoms with Gasteiger partial charge in [-0.15, -0.1) is 0 Å². The van der Waals surface area contributed by atoms with Crippen molar-refractivity contribution >= 4 is 40.8 Å². The van der Waals surface area contributed by atoms with E-state index in [1.165, 1.54) is 43.3 Å². The van der Waals surface area contributed by atoms with Gasteiger partial charge < -0.3 is 20.7 Å². The van der Waals surface area contributed by atoms with Crippen LogP contribution in [0, 0.1) is 35.4 Å². The Labute approximate surface area is 238 Å². The monoisotopic (exact) mass is 581 g/mol. The topological polar surface area (TPSA) is 193 Å². The third-order valence-corrected chi connectivity index (χ3v) is 8.61. The summed E-state index contributed by atoms with van der Waals surface area (Å²) in [6, 6.07) is 6.16. The fraction of sp³-hybridized carbons (Fsp3) is 0.379. The Morgan fingerprint density at radius 2 is 1.60 bits per heavy atom. The second-order valence-electron chi connectivity index (χ2n) is 11.1. The van der Waals surface area contributed by atoms with E-state index in [2.05, 4.69) is 5.32 Å². The highest BCUT2D eigenvalue weighted by Crippen LogP contribution is 2.53. The van der Waals surface area contributed by atoms with E-state index in [1.807, 2.05) is 0 Å². The lowest BCUT2D eigenvalue weighted by Gasteiger charge is -2.52. The van der Waals surface area contributed by atoms with Crippen LogP contribution in [0.15, 0.2) is 36.4 Å². The van der Waals surface area contributed by atoms with Crippen molar-refractivity contribution in [2.24, 2.45) is 35.3 Å². The first kappa shape index (κ1) is 29.0. The van der Waals surface area contributed by atoms with Crippen molar-refractivity contribution in [2.45, 2.75) is 25.0 Å². The van der Waals surface area contributed by atoms with Crippen molar-refractivity contribution in [1.29, 1.82) is 0 Å². The molecule has 42 heavy (non-hydrogen) atoms. The Morgan fingerprint density at radius 3 is 2.19 bits per heavy atom. The molecule has 6 unspecified atom stereocenters. The molecule has 13 heteroatoms. The van der Waals surface area contributed by atoms with Gasteiger partial charge in [0.15, 0.2) is 29.1 Å². The third-order valence-electron chi connectivity index (χ3n) is 8.61.